The molecule has 4 heterocycles. The topological polar surface area (TPSA) is 105 Å². The highest BCUT2D eigenvalue weighted by atomic mass is 16.5. The average Bonchev–Trinajstić information content (AvgIpc) is 3.23. The second-order valence-corrected chi connectivity index (χ2v) is 6.97. The molecule has 2 fully saturated rings. The van der Waals surface area contributed by atoms with Gasteiger partial charge in [-0.05, 0) is 31.4 Å². The van der Waals surface area contributed by atoms with Crippen LogP contribution in [0.1, 0.15) is 40.4 Å². The van der Waals surface area contributed by atoms with Crippen molar-refractivity contribution in [2.24, 2.45) is 0 Å². The number of piperazine rings is 1. The predicted octanol–water partition coefficient (Wildman–Crippen LogP) is 0.923. The van der Waals surface area contributed by atoms with Gasteiger partial charge in [-0.15, -0.1) is 0 Å². The molecule has 0 unspecified atom stereocenters. The number of ether oxygens (including phenoxy) is 1. The van der Waals surface area contributed by atoms with Gasteiger partial charge in [-0.1, -0.05) is 0 Å². The SMILES string of the molecule is Cc1cc(C2CCOCC2)oc(=O)c1C(=O)N1CCN(c2ncn[nH]2)CC1. The van der Waals surface area contributed by atoms with E-state index in [9.17, 15) is 9.59 Å². The van der Waals surface area contributed by atoms with E-state index >= 15 is 0 Å². The summed E-state index contributed by atoms with van der Waals surface area (Å²) in [5.41, 5.74) is 0.272. The molecule has 27 heavy (non-hydrogen) atoms. The maximum atomic E-state index is 12.9. The van der Waals surface area contributed by atoms with Crippen LogP contribution in [0.5, 0.6) is 0 Å². The van der Waals surface area contributed by atoms with Crippen molar-refractivity contribution in [1.29, 1.82) is 0 Å². The number of nitrogens with zero attached hydrogens (tertiary/aromatic N) is 4. The minimum absolute atomic E-state index is 0.138. The number of nitrogens with one attached hydrogen (secondary N) is 1. The van der Waals surface area contributed by atoms with Gasteiger partial charge < -0.3 is 19.0 Å². The lowest BCUT2D eigenvalue weighted by molar-refractivity contribution is 0.0732. The summed E-state index contributed by atoms with van der Waals surface area (Å²) < 4.78 is 10.9. The van der Waals surface area contributed by atoms with E-state index in [2.05, 4.69) is 15.2 Å². The molecule has 0 saturated carbocycles. The molecule has 0 aliphatic carbocycles. The number of hydrogen-bond donors (Lipinski definition) is 1. The first-order valence-electron chi connectivity index (χ1n) is 9.25. The van der Waals surface area contributed by atoms with Crippen molar-refractivity contribution in [3.05, 3.63) is 39.7 Å². The Balaban J connectivity index is 1.48. The fourth-order valence-corrected chi connectivity index (χ4v) is 3.70. The molecule has 9 heteroatoms. The second kappa shape index (κ2) is 7.51. The van der Waals surface area contributed by atoms with Crippen LogP contribution in [-0.4, -0.2) is 65.4 Å². The number of aromatic amines is 1. The molecule has 0 bridgehead atoms. The minimum atomic E-state index is -0.542. The van der Waals surface area contributed by atoms with Crippen LogP contribution in [0.4, 0.5) is 5.95 Å². The van der Waals surface area contributed by atoms with Crippen molar-refractivity contribution in [3.63, 3.8) is 0 Å². The molecule has 0 atom stereocenters. The van der Waals surface area contributed by atoms with E-state index in [4.69, 9.17) is 9.15 Å². The lowest BCUT2D eigenvalue weighted by Gasteiger charge is -2.34. The molecule has 2 aromatic heterocycles. The zero-order chi connectivity index (χ0) is 18.8. The van der Waals surface area contributed by atoms with Gasteiger partial charge in [0, 0.05) is 45.3 Å². The maximum absolute atomic E-state index is 12.9. The van der Waals surface area contributed by atoms with Crippen molar-refractivity contribution in [1.82, 2.24) is 20.1 Å². The monoisotopic (exact) mass is 373 g/mol. The van der Waals surface area contributed by atoms with E-state index in [0.29, 0.717) is 56.7 Å². The summed E-state index contributed by atoms with van der Waals surface area (Å²) in [5.74, 6) is 1.27. The van der Waals surface area contributed by atoms with Crippen LogP contribution in [0.2, 0.25) is 0 Å². The van der Waals surface area contributed by atoms with E-state index in [1.807, 2.05) is 11.0 Å². The zero-order valence-electron chi connectivity index (χ0n) is 15.3. The summed E-state index contributed by atoms with van der Waals surface area (Å²) in [6, 6.07) is 1.84. The average molecular weight is 373 g/mol. The Labute approximate surface area is 156 Å². The molecule has 0 aromatic carbocycles. The predicted molar refractivity (Wildman–Crippen MR) is 97.0 cm³/mol. The largest absolute Gasteiger partial charge is 0.427 e. The smallest absolute Gasteiger partial charge is 0.349 e. The summed E-state index contributed by atoms with van der Waals surface area (Å²) in [7, 11) is 0. The number of aryl methyl sites for hydroxylation is 1. The Morgan fingerprint density at radius 1 is 1.22 bits per heavy atom. The number of aromatic nitrogens is 3. The highest BCUT2D eigenvalue weighted by molar-refractivity contribution is 5.95. The van der Waals surface area contributed by atoms with Gasteiger partial charge >= 0.3 is 5.63 Å². The lowest BCUT2D eigenvalue weighted by Crippen LogP contribution is -2.50. The number of carbonyl (C=O) groups is 1. The van der Waals surface area contributed by atoms with Crippen LogP contribution >= 0.6 is 0 Å². The molecule has 2 saturated heterocycles. The number of H-pyrrole nitrogens is 1. The van der Waals surface area contributed by atoms with Crippen LogP contribution in [0.3, 0.4) is 0 Å². The molecule has 2 aliphatic rings. The molecular weight excluding hydrogens is 350 g/mol. The molecule has 2 aliphatic heterocycles. The third-order valence-electron chi connectivity index (χ3n) is 5.27. The Bertz CT molecular complexity index is 849. The summed E-state index contributed by atoms with van der Waals surface area (Å²) in [5, 5.41) is 6.67. The molecular formula is C18H23N5O4. The molecule has 0 spiro atoms. The lowest BCUT2D eigenvalue weighted by atomic mass is 9.95. The minimum Gasteiger partial charge on any atom is -0.427 e. The third kappa shape index (κ3) is 3.59. The van der Waals surface area contributed by atoms with Gasteiger partial charge in [0.05, 0.1) is 0 Å². The normalized spacial score (nSPS) is 18.7. The van der Waals surface area contributed by atoms with Crippen LogP contribution in [0.15, 0.2) is 21.6 Å². The van der Waals surface area contributed by atoms with Crippen molar-refractivity contribution < 1.29 is 13.9 Å². The second-order valence-electron chi connectivity index (χ2n) is 6.97. The Morgan fingerprint density at radius 2 is 1.96 bits per heavy atom. The summed E-state index contributed by atoms with van der Waals surface area (Å²) in [6.07, 6.45) is 3.12. The summed E-state index contributed by atoms with van der Waals surface area (Å²) >= 11 is 0. The maximum Gasteiger partial charge on any atom is 0.349 e. The highest BCUT2D eigenvalue weighted by Gasteiger charge is 2.28. The van der Waals surface area contributed by atoms with Gasteiger partial charge in [0.15, 0.2) is 0 Å². The van der Waals surface area contributed by atoms with E-state index < -0.39 is 5.63 Å². The van der Waals surface area contributed by atoms with Crippen molar-refractivity contribution >= 4 is 11.9 Å². The summed E-state index contributed by atoms with van der Waals surface area (Å²) in [4.78, 5) is 33.3. The Hall–Kier alpha value is -2.68. The summed E-state index contributed by atoms with van der Waals surface area (Å²) in [6.45, 7) is 5.43. The first kappa shape index (κ1) is 17.7. The molecule has 2 aromatic rings. The van der Waals surface area contributed by atoms with Gasteiger partial charge in [0.1, 0.15) is 17.7 Å². The zero-order valence-corrected chi connectivity index (χ0v) is 15.3. The standard InChI is InChI=1S/C18H23N5O4/c1-12-10-14(13-2-8-26-9-3-13)27-17(25)15(12)16(24)22-4-6-23(7-5-22)18-19-11-20-21-18/h10-11,13H,2-9H2,1H3,(H,19,20,21). The van der Waals surface area contributed by atoms with Crippen molar-refractivity contribution in [2.45, 2.75) is 25.7 Å². The van der Waals surface area contributed by atoms with Crippen LogP contribution < -0.4 is 10.5 Å². The van der Waals surface area contributed by atoms with Crippen LogP contribution in [-0.2, 0) is 4.74 Å². The first-order valence-corrected chi connectivity index (χ1v) is 9.25. The molecule has 9 nitrogen and oxygen atoms in total. The van der Waals surface area contributed by atoms with Gasteiger partial charge in [-0.2, -0.15) is 10.1 Å². The number of anilines is 1. The number of carbonyl (C=O) groups excluding carboxylic acids is 1. The fourth-order valence-electron chi connectivity index (χ4n) is 3.70. The molecule has 1 amide bonds. The molecule has 0 radical (unpaired) electrons. The van der Waals surface area contributed by atoms with Crippen molar-refractivity contribution in [3.8, 4) is 0 Å². The van der Waals surface area contributed by atoms with Crippen LogP contribution in [0.25, 0.3) is 0 Å². The van der Waals surface area contributed by atoms with Gasteiger partial charge in [0.25, 0.3) is 5.91 Å². The van der Waals surface area contributed by atoms with E-state index in [1.165, 1.54) is 6.33 Å². The Kier molecular flexibility index (Phi) is 4.93. The van der Waals surface area contributed by atoms with E-state index in [0.717, 1.165) is 12.8 Å². The van der Waals surface area contributed by atoms with E-state index in [-0.39, 0.29) is 17.4 Å². The van der Waals surface area contributed by atoms with Crippen LogP contribution in [0, 0.1) is 6.92 Å². The first-order chi connectivity index (χ1) is 13.1. The number of hydrogen-bond acceptors (Lipinski definition) is 7. The number of rotatable bonds is 3. The highest BCUT2D eigenvalue weighted by Crippen LogP contribution is 2.27. The molecule has 4 rings (SSSR count). The van der Waals surface area contributed by atoms with E-state index in [1.54, 1.807) is 11.8 Å². The third-order valence-corrected chi connectivity index (χ3v) is 5.27. The molecule has 1 N–H and O–H groups in total. The van der Waals surface area contributed by atoms with Gasteiger partial charge in [-0.25, -0.2) is 9.89 Å². The fraction of sp³-hybridized carbons (Fsp3) is 0.556. The number of amides is 1. The molecule has 144 valence electrons. The van der Waals surface area contributed by atoms with Gasteiger partial charge in [0.2, 0.25) is 5.95 Å². The quantitative estimate of drug-likeness (QED) is 0.853. The van der Waals surface area contributed by atoms with Crippen molar-refractivity contribution in [2.75, 3.05) is 44.3 Å². The van der Waals surface area contributed by atoms with Gasteiger partial charge in [-0.3, -0.25) is 4.79 Å². The Morgan fingerprint density at radius 3 is 2.59 bits per heavy atom.